The van der Waals surface area contributed by atoms with Gasteiger partial charge in [0.1, 0.15) is 0 Å². The van der Waals surface area contributed by atoms with Crippen LogP contribution in [-0.4, -0.2) is 47.2 Å². The number of hydrogen-bond acceptors (Lipinski definition) is 3. The number of carbonyl (C=O) groups excluding carboxylic acids is 1. The summed E-state index contributed by atoms with van der Waals surface area (Å²) in [4.78, 5) is 24.1. The molecule has 0 aromatic rings. The lowest BCUT2D eigenvalue weighted by Crippen LogP contribution is -2.51. The van der Waals surface area contributed by atoms with E-state index in [1.165, 1.54) is 6.92 Å². The number of hydrogen-bond donors (Lipinski definition) is 1. The SMILES string of the molecule is CC(=O)N1CC2CCCOC2(C(=O)O)C1. The summed E-state index contributed by atoms with van der Waals surface area (Å²) in [6.07, 6.45) is 1.71. The van der Waals surface area contributed by atoms with Crippen LogP contribution in [0.4, 0.5) is 0 Å². The third-order valence-electron chi connectivity index (χ3n) is 3.39. The first kappa shape index (κ1) is 10.4. The van der Waals surface area contributed by atoms with Gasteiger partial charge in [-0.25, -0.2) is 4.79 Å². The molecule has 5 heteroatoms. The number of ether oxygens (including phenoxy) is 1. The van der Waals surface area contributed by atoms with Gasteiger partial charge >= 0.3 is 5.97 Å². The molecule has 0 aliphatic carbocycles. The molecule has 1 amide bonds. The highest BCUT2D eigenvalue weighted by atomic mass is 16.5. The topological polar surface area (TPSA) is 66.8 Å². The van der Waals surface area contributed by atoms with Gasteiger partial charge in [-0.1, -0.05) is 0 Å². The molecule has 2 aliphatic rings. The predicted octanol–water partition coefficient (Wildman–Crippen LogP) is 0.0985. The number of carboxylic acid groups (broad SMARTS) is 1. The van der Waals surface area contributed by atoms with Gasteiger partial charge in [-0.2, -0.15) is 0 Å². The van der Waals surface area contributed by atoms with Gasteiger partial charge in [0.2, 0.25) is 5.91 Å². The lowest BCUT2D eigenvalue weighted by Gasteiger charge is -2.34. The van der Waals surface area contributed by atoms with Crippen molar-refractivity contribution in [1.29, 1.82) is 0 Å². The molecule has 1 N–H and O–H groups in total. The third-order valence-corrected chi connectivity index (χ3v) is 3.39. The Labute approximate surface area is 88.0 Å². The maximum Gasteiger partial charge on any atom is 0.338 e. The second kappa shape index (κ2) is 3.48. The van der Waals surface area contributed by atoms with E-state index in [2.05, 4.69) is 0 Å². The van der Waals surface area contributed by atoms with Crippen LogP contribution in [0.25, 0.3) is 0 Å². The number of likely N-dealkylation sites (tertiary alicyclic amines) is 1. The molecule has 2 unspecified atom stereocenters. The molecule has 2 aliphatic heterocycles. The van der Waals surface area contributed by atoms with Gasteiger partial charge in [-0.05, 0) is 12.8 Å². The average molecular weight is 213 g/mol. The van der Waals surface area contributed by atoms with E-state index < -0.39 is 11.6 Å². The van der Waals surface area contributed by atoms with E-state index in [9.17, 15) is 14.7 Å². The molecular weight excluding hydrogens is 198 g/mol. The minimum absolute atomic E-state index is 0.0485. The Balaban J connectivity index is 2.24. The fraction of sp³-hybridized carbons (Fsp3) is 0.800. The molecule has 0 radical (unpaired) electrons. The summed E-state index contributed by atoms with van der Waals surface area (Å²) in [5, 5.41) is 9.24. The van der Waals surface area contributed by atoms with Gasteiger partial charge in [0.05, 0.1) is 6.54 Å². The molecule has 0 saturated carbocycles. The van der Waals surface area contributed by atoms with E-state index in [0.29, 0.717) is 13.2 Å². The quantitative estimate of drug-likeness (QED) is 0.670. The number of nitrogens with zero attached hydrogens (tertiary/aromatic N) is 1. The Kier molecular flexibility index (Phi) is 2.42. The number of amides is 1. The summed E-state index contributed by atoms with van der Waals surface area (Å²) in [6, 6.07) is 0. The molecule has 2 fully saturated rings. The van der Waals surface area contributed by atoms with Crippen molar-refractivity contribution in [3.8, 4) is 0 Å². The molecular formula is C10H15NO4. The Morgan fingerprint density at radius 2 is 2.27 bits per heavy atom. The highest BCUT2D eigenvalue weighted by Gasteiger charge is 2.55. The molecule has 0 bridgehead atoms. The highest BCUT2D eigenvalue weighted by Crippen LogP contribution is 2.38. The molecule has 2 atom stereocenters. The van der Waals surface area contributed by atoms with Crippen LogP contribution in [0.2, 0.25) is 0 Å². The van der Waals surface area contributed by atoms with Crippen molar-refractivity contribution in [2.75, 3.05) is 19.7 Å². The van der Waals surface area contributed by atoms with Gasteiger partial charge in [-0.15, -0.1) is 0 Å². The number of carboxylic acids is 1. The lowest BCUT2D eigenvalue weighted by atomic mass is 9.85. The van der Waals surface area contributed by atoms with E-state index in [4.69, 9.17) is 4.74 Å². The Morgan fingerprint density at radius 1 is 1.53 bits per heavy atom. The molecule has 84 valence electrons. The van der Waals surface area contributed by atoms with E-state index in [-0.39, 0.29) is 18.4 Å². The van der Waals surface area contributed by atoms with Crippen LogP contribution in [0, 0.1) is 5.92 Å². The molecule has 15 heavy (non-hydrogen) atoms. The van der Waals surface area contributed by atoms with Gasteiger partial charge < -0.3 is 14.7 Å². The zero-order valence-electron chi connectivity index (χ0n) is 8.73. The van der Waals surface area contributed by atoms with E-state index in [1.807, 2.05) is 0 Å². The van der Waals surface area contributed by atoms with Crippen LogP contribution in [0.1, 0.15) is 19.8 Å². The second-order valence-corrected chi connectivity index (χ2v) is 4.28. The summed E-state index contributed by atoms with van der Waals surface area (Å²) in [6.45, 7) is 2.66. The normalized spacial score (nSPS) is 35.0. The zero-order valence-corrected chi connectivity index (χ0v) is 8.73. The summed E-state index contributed by atoms with van der Waals surface area (Å²) in [5.41, 5.74) is -1.14. The van der Waals surface area contributed by atoms with E-state index in [0.717, 1.165) is 12.8 Å². The molecule has 0 aromatic carbocycles. The van der Waals surface area contributed by atoms with Crippen molar-refractivity contribution in [3.63, 3.8) is 0 Å². The van der Waals surface area contributed by atoms with Crippen molar-refractivity contribution < 1.29 is 19.4 Å². The van der Waals surface area contributed by atoms with Crippen LogP contribution in [0.15, 0.2) is 0 Å². The third kappa shape index (κ3) is 1.51. The second-order valence-electron chi connectivity index (χ2n) is 4.28. The Morgan fingerprint density at radius 3 is 2.80 bits per heavy atom. The van der Waals surface area contributed by atoms with Crippen LogP contribution < -0.4 is 0 Å². The van der Waals surface area contributed by atoms with Gasteiger partial charge in [-0.3, -0.25) is 4.79 Å². The Hall–Kier alpha value is -1.10. The van der Waals surface area contributed by atoms with Crippen molar-refractivity contribution in [2.45, 2.75) is 25.4 Å². The van der Waals surface area contributed by atoms with Crippen LogP contribution >= 0.6 is 0 Å². The van der Waals surface area contributed by atoms with E-state index in [1.54, 1.807) is 4.90 Å². The van der Waals surface area contributed by atoms with Crippen molar-refractivity contribution >= 4 is 11.9 Å². The van der Waals surface area contributed by atoms with Crippen LogP contribution in [0.3, 0.4) is 0 Å². The molecule has 0 spiro atoms. The highest BCUT2D eigenvalue weighted by molar-refractivity contribution is 5.82. The Bertz CT molecular complexity index is 304. The summed E-state index contributed by atoms with van der Waals surface area (Å²) >= 11 is 0. The van der Waals surface area contributed by atoms with Gasteiger partial charge in [0.15, 0.2) is 5.60 Å². The zero-order chi connectivity index (χ0) is 11.1. The van der Waals surface area contributed by atoms with Gasteiger partial charge in [0, 0.05) is 26.0 Å². The fourth-order valence-corrected chi connectivity index (χ4v) is 2.51. The monoisotopic (exact) mass is 213 g/mol. The molecule has 2 rings (SSSR count). The summed E-state index contributed by atoms with van der Waals surface area (Å²) in [5.74, 6) is -1.06. The van der Waals surface area contributed by atoms with E-state index >= 15 is 0 Å². The number of rotatable bonds is 1. The maximum atomic E-state index is 11.3. The standard InChI is InChI=1S/C10H15NO4/c1-7(12)11-5-8-3-2-4-15-10(8,6-11)9(13)14/h8H,2-6H2,1H3,(H,13,14). The smallest absolute Gasteiger partial charge is 0.338 e. The molecule has 2 saturated heterocycles. The minimum atomic E-state index is -1.14. The fourth-order valence-electron chi connectivity index (χ4n) is 2.51. The minimum Gasteiger partial charge on any atom is -0.479 e. The average Bonchev–Trinajstić information content (AvgIpc) is 2.58. The maximum absolute atomic E-state index is 11.3. The largest absolute Gasteiger partial charge is 0.479 e. The van der Waals surface area contributed by atoms with Crippen LogP contribution in [0.5, 0.6) is 0 Å². The number of carbonyl (C=O) groups is 2. The summed E-state index contributed by atoms with van der Waals surface area (Å²) < 4.78 is 5.44. The number of aliphatic carboxylic acids is 1. The first-order valence-corrected chi connectivity index (χ1v) is 5.19. The summed E-state index contributed by atoms with van der Waals surface area (Å²) in [7, 11) is 0. The van der Waals surface area contributed by atoms with Crippen molar-refractivity contribution in [2.24, 2.45) is 5.92 Å². The van der Waals surface area contributed by atoms with Crippen LogP contribution in [-0.2, 0) is 14.3 Å². The van der Waals surface area contributed by atoms with Crippen molar-refractivity contribution in [1.82, 2.24) is 4.90 Å². The first-order valence-electron chi connectivity index (χ1n) is 5.19. The molecule has 5 nitrogen and oxygen atoms in total. The number of fused-ring (bicyclic) bond motifs is 1. The first-order chi connectivity index (χ1) is 7.06. The molecule has 2 heterocycles. The molecule has 0 aromatic heterocycles. The lowest BCUT2D eigenvalue weighted by molar-refractivity contribution is -0.176. The van der Waals surface area contributed by atoms with Gasteiger partial charge in [0.25, 0.3) is 0 Å². The predicted molar refractivity (Wildman–Crippen MR) is 51.3 cm³/mol. The van der Waals surface area contributed by atoms with Crippen molar-refractivity contribution in [3.05, 3.63) is 0 Å².